The van der Waals surface area contributed by atoms with Gasteiger partial charge in [0.2, 0.25) is 5.95 Å². The Morgan fingerprint density at radius 1 is 0.977 bits per heavy atom. The van der Waals surface area contributed by atoms with E-state index in [2.05, 4.69) is 30.6 Å². The molecule has 1 amide bonds. The highest BCUT2D eigenvalue weighted by Crippen LogP contribution is 2.33. The Labute approximate surface area is 248 Å². The zero-order chi connectivity index (χ0) is 32.1. The van der Waals surface area contributed by atoms with E-state index in [4.69, 9.17) is 19.2 Å². The highest BCUT2D eigenvalue weighted by Gasteiger charge is 2.31. The predicted octanol–water partition coefficient (Wildman–Crippen LogP) is 5.43. The molecule has 0 aliphatic rings. The number of carbonyl (C=O) groups excluding carboxylic acids is 1. The number of hydrogen-bond donors (Lipinski definition) is 5. The number of alkyl halides is 3. The molecule has 0 fully saturated rings. The lowest BCUT2D eigenvalue weighted by atomic mass is 10.1. The van der Waals surface area contributed by atoms with E-state index in [-0.39, 0.29) is 16.9 Å². The molecule has 0 aliphatic heterocycles. The number of imidazole rings is 1. The minimum Gasteiger partial charge on any atom is -0.324 e. The minimum atomic E-state index is -4.64. The van der Waals surface area contributed by atoms with Crippen LogP contribution in [0.3, 0.4) is 0 Å². The van der Waals surface area contributed by atoms with E-state index in [0.717, 1.165) is 23.3 Å². The molecule has 5 rings (SSSR count). The smallest absolute Gasteiger partial charge is 0.324 e. The first-order valence-corrected chi connectivity index (χ1v) is 14.2. The highest BCUT2D eigenvalue weighted by atomic mass is 31.2. The van der Waals surface area contributed by atoms with Crippen LogP contribution in [0.15, 0.2) is 85.7 Å². The Balaban J connectivity index is 0.000000818. The molecule has 0 unspecified atom stereocenters. The summed E-state index contributed by atoms with van der Waals surface area (Å²) in [5.74, 6) is -0.259. The van der Waals surface area contributed by atoms with E-state index in [1.165, 1.54) is 17.0 Å². The molecule has 0 saturated heterocycles. The van der Waals surface area contributed by atoms with Gasteiger partial charge in [-0.3, -0.25) is 9.78 Å². The van der Waals surface area contributed by atoms with E-state index in [9.17, 15) is 18.0 Å². The largest absolute Gasteiger partial charge is 0.466 e. The summed E-state index contributed by atoms with van der Waals surface area (Å²) < 4.78 is 51.2. The average Bonchev–Trinajstić information content (AvgIpc) is 3.39. The van der Waals surface area contributed by atoms with Crippen molar-refractivity contribution in [3.63, 3.8) is 0 Å². The topological polar surface area (TPSA) is 175 Å². The maximum atomic E-state index is 13.6. The molecule has 228 valence electrons. The molecule has 16 heteroatoms. The molecular weight excluding hydrogens is 602 g/mol. The lowest BCUT2D eigenvalue weighted by Gasteiger charge is -2.14. The molecule has 5 aromatic rings. The summed E-state index contributed by atoms with van der Waals surface area (Å²) in [6.45, 7) is 3.58. The van der Waals surface area contributed by atoms with Crippen LogP contribution < -0.4 is 10.6 Å². The van der Waals surface area contributed by atoms with Gasteiger partial charge in [0, 0.05) is 53.0 Å². The van der Waals surface area contributed by atoms with Gasteiger partial charge in [0.15, 0.2) is 0 Å². The van der Waals surface area contributed by atoms with Crippen LogP contribution in [0.25, 0.3) is 16.9 Å². The molecule has 12 nitrogen and oxygen atoms in total. The van der Waals surface area contributed by atoms with Crippen molar-refractivity contribution >= 4 is 31.1 Å². The van der Waals surface area contributed by atoms with Gasteiger partial charge in [0.1, 0.15) is 0 Å². The van der Waals surface area contributed by atoms with Gasteiger partial charge < -0.3 is 29.9 Å². The van der Waals surface area contributed by atoms with E-state index < -0.39 is 25.5 Å². The Morgan fingerprint density at radius 3 is 2.36 bits per heavy atom. The number of halogens is 3. The summed E-state index contributed by atoms with van der Waals surface area (Å²) in [6.07, 6.45) is 3.38. The average molecular weight is 628 g/mol. The maximum absolute atomic E-state index is 13.6. The molecule has 0 bridgehead atoms. The number of rotatable bonds is 6. The maximum Gasteiger partial charge on any atom is 0.466 e. The zero-order valence-electron chi connectivity index (χ0n) is 23.1. The summed E-state index contributed by atoms with van der Waals surface area (Å²) in [7, 11) is -4.64. The van der Waals surface area contributed by atoms with Crippen molar-refractivity contribution in [2.75, 3.05) is 10.6 Å². The van der Waals surface area contributed by atoms with Crippen LogP contribution in [0.1, 0.15) is 27.2 Å². The number of nitrogens with zero attached hydrogens (tertiary/aromatic N) is 5. The number of nitrogens with one attached hydrogen (secondary N) is 2. The third-order valence-corrected chi connectivity index (χ3v) is 5.87. The first-order chi connectivity index (χ1) is 20.7. The Kier molecular flexibility index (Phi) is 9.55. The molecule has 3 heterocycles. The molecule has 5 N–H and O–H groups in total. The predicted molar refractivity (Wildman–Crippen MR) is 155 cm³/mol. The molecular formula is C28H25F3N7O5P. The number of carbonyl (C=O) groups is 1. The van der Waals surface area contributed by atoms with E-state index in [1.54, 1.807) is 62.0 Å². The molecule has 0 spiro atoms. The number of anilines is 3. The number of aryl methyl sites for hydroxylation is 2. The number of benzene rings is 2. The molecule has 3 aromatic heterocycles. The molecule has 0 radical (unpaired) electrons. The Bertz CT molecular complexity index is 1820. The van der Waals surface area contributed by atoms with E-state index in [0.29, 0.717) is 23.0 Å². The summed E-state index contributed by atoms with van der Waals surface area (Å²) in [4.78, 5) is 51.6. The number of phosphoric acid groups is 1. The van der Waals surface area contributed by atoms with Crippen LogP contribution in [0.4, 0.5) is 30.5 Å². The normalized spacial score (nSPS) is 11.4. The van der Waals surface area contributed by atoms with Crippen LogP contribution in [0.2, 0.25) is 0 Å². The van der Waals surface area contributed by atoms with Gasteiger partial charge in [-0.2, -0.15) is 13.2 Å². The third kappa shape index (κ3) is 9.02. The van der Waals surface area contributed by atoms with Crippen LogP contribution >= 0.6 is 7.82 Å². The van der Waals surface area contributed by atoms with Crippen LogP contribution in [0.5, 0.6) is 0 Å². The molecule has 0 saturated carbocycles. The van der Waals surface area contributed by atoms with Crippen molar-refractivity contribution in [2.45, 2.75) is 20.0 Å². The minimum absolute atomic E-state index is 0.00114. The monoisotopic (exact) mass is 627 g/mol. The van der Waals surface area contributed by atoms with E-state index >= 15 is 0 Å². The van der Waals surface area contributed by atoms with Crippen molar-refractivity contribution in [2.24, 2.45) is 0 Å². The fourth-order valence-electron chi connectivity index (χ4n) is 3.87. The first-order valence-electron chi connectivity index (χ1n) is 12.6. The van der Waals surface area contributed by atoms with E-state index in [1.807, 2.05) is 13.0 Å². The van der Waals surface area contributed by atoms with Gasteiger partial charge in [-0.05, 0) is 67.9 Å². The third-order valence-electron chi connectivity index (χ3n) is 5.87. The van der Waals surface area contributed by atoms with Crippen molar-refractivity contribution in [3.8, 4) is 16.9 Å². The number of hydrogen-bond acceptors (Lipinski definition) is 7. The van der Waals surface area contributed by atoms with Crippen LogP contribution in [-0.2, 0) is 10.7 Å². The lowest BCUT2D eigenvalue weighted by Crippen LogP contribution is -2.14. The highest BCUT2D eigenvalue weighted by molar-refractivity contribution is 7.45. The fourth-order valence-corrected chi connectivity index (χ4v) is 3.87. The lowest BCUT2D eigenvalue weighted by molar-refractivity contribution is -0.137. The number of aromatic nitrogens is 5. The first kappa shape index (κ1) is 32.0. The second-order valence-corrected chi connectivity index (χ2v) is 10.3. The molecule has 2 aromatic carbocycles. The number of pyridine rings is 1. The SMILES string of the molecule is Cc1cn(-c2cc(NC(=O)c3ccc(C)c(Nc4nccc(-c5cccnc5)n4)c3)cc(C(F)(F)F)c2)cn1.O=P(O)(O)O. The van der Waals surface area contributed by atoms with Crippen LogP contribution in [-0.4, -0.2) is 45.1 Å². The van der Waals surface area contributed by atoms with Crippen molar-refractivity contribution in [1.29, 1.82) is 0 Å². The number of amides is 1. The van der Waals surface area contributed by atoms with Crippen LogP contribution in [0, 0.1) is 13.8 Å². The molecule has 0 atom stereocenters. The van der Waals surface area contributed by atoms with Gasteiger partial charge >= 0.3 is 14.0 Å². The van der Waals surface area contributed by atoms with Crippen molar-refractivity contribution < 1.29 is 37.2 Å². The quantitative estimate of drug-likeness (QED) is 0.153. The van der Waals surface area contributed by atoms with Gasteiger partial charge in [-0.1, -0.05) is 6.07 Å². The Hall–Kier alpha value is -4.95. The standard InChI is InChI=1S/C28H22F3N7O.H3O4P/c1-17-5-6-19(10-25(17)37-27-33-9-7-24(36-27)20-4-3-8-32-14-20)26(39)35-22-11-21(28(29,30)31)12-23(13-22)38-15-18(2)34-16-38;1-5(2,3)4/h3-16H,1-2H3,(H,35,39)(H,33,36,37);(H3,1,2,3,4). The Morgan fingerprint density at radius 2 is 1.73 bits per heavy atom. The van der Waals surface area contributed by atoms with Crippen molar-refractivity contribution in [3.05, 3.63) is 108 Å². The summed E-state index contributed by atoms with van der Waals surface area (Å²) in [6, 6.07) is 13.7. The second kappa shape index (κ2) is 13.1. The fraction of sp³-hybridized carbons (Fsp3) is 0.107. The van der Waals surface area contributed by atoms with Gasteiger partial charge in [0.25, 0.3) is 5.91 Å². The summed E-state index contributed by atoms with van der Waals surface area (Å²) in [5, 5.41) is 5.71. The van der Waals surface area contributed by atoms with Crippen molar-refractivity contribution in [1.82, 2.24) is 24.5 Å². The summed E-state index contributed by atoms with van der Waals surface area (Å²) in [5.41, 5.74) is 3.09. The summed E-state index contributed by atoms with van der Waals surface area (Å²) >= 11 is 0. The molecule has 0 aliphatic carbocycles. The van der Waals surface area contributed by atoms with Gasteiger partial charge in [0.05, 0.1) is 23.3 Å². The second-order valence-electron chi connectivity index (χ2n) is 9.32. The van der Waals surface area contributed by atoms with Gasteiger partial charge in [-0.15, -0.1) is 0 Å². The molecule has 44 heavy (non-hydrogen) atoms. The van der Waals surface area contributed by atoms with Gasteiger partial charge in [-0.25, -0.2) is 19.5 Å². The zero-order valence-corrected chi connectivity index (χ0v) is 24.0.